The Hall–Kier alpha value is -3.96. The topological polar surface area (TPSA) is 174 Å². The number of hydrogen-bond donors (Lipinski definition) is 6. The van der Waals surface area contributed by atoms with Crippen molar-refractivity contribution in [2.45, 2.75) is 43.5 Å². The van der Waals surface area contributed by atoms with E-state index in [-0.39, 0.29) is 39.3 Å². The summed E-state index contributed by atoms with van der Waals surface area (Å²) in [6, 6.07) is 13.0. The van der Waals surface area contributed by atoms with Crippen LogP contribution in [0.3, 0.4) is 0 Å². The van der Waals surface area contributed by atoms with Crippen molar-refractivity contribution in [1.29, 1.82) is 0 Å². The van der Waals surface area contributed by atoms with Crippen LogP contribution in [-0.2, 0) is 9.47 Å². The second-order valence-electron chi connectivity index (χ2n) is 9.20. The summed E-state index contributed by atoms with van der Waals surface area (Å²) < 4.78 is 11.2. The normalized spacial score (nSPS) is 26.8. The molecule has 10 heteroatoms. The lowest BCUT2D eigenvalue weighted by Gasteiger charge is -2.44. The second-order valence-corrected chi connectivity index (χ2v) is 9.20. The second kappa shape index (κ2) is 9.16. The van der Waals surface area contributed by atoms with Gasteiger partial charge < -0.3 is 40.1 Å². The van der Waals surface area contributed by atoms with E-state index in [9.17, 15) is 40.2 Å². The van der Waals surface area contributed by atoms with Gasteiger partial charge in [0.25, 0.3) is 0 Å². The van der Waals surface area contributed by atoms with E-state index in [0.29, 0.717) is 5.56 Å². The lowest BCUT2D eigenvalue weighted by Crippen LogP contribution is -2.60. The lowest BCUT2D eigenvalue weighted by atomic mass is 9.71. The van der Waals surface area contributed by atoms with Crippen molar-refractivity contribution >= 4 is 11.8 Å². The molecule has 1 aliphatic heterocycles. The van der Waals surface area contributed by atoms with Crippen LogP contribution in [0.15, 0.2) is 54.6 Å². The van der Waals surface area contributed by atoms with E-state index in [1.807, 2.05) is 0 Å². The first-order chi connectivity index (χ1) is 17.6. The molecule has 0 radical (unpaired) electrons. The molecular weight excluding hydrogens is 484 g/mol. The number of ketones is 1. The number of aromatic hydroxyl groups is 3. The van der Waals surface area contributed by atoms with Crippen LogP contribution in [0, 0.1) is 6.92 Å². The van der Waals surface area contributed by atoms with Crippen LogP contribution >= 0.6 is 0 Å². The third-order valence-electron chi connectivity index (χ3n) is 6.72. The number of phenolic OH excluding ortho intramolecular Hbond substituents is 3. The molecule has 0 aromatic heterocycles. The summed E-state index contributed by atoms with van der Waals surface area (Å²) >= 11 is 0. The van der Waals surface area contributed by atoms with Crippen LogP contribution in [0.5, 0.6) is 17.2 Å². The lowest BCUT2D eigenvalue weighted by molar-refractivity contribution is -0.282. The molecule has 37 heavy (non-hydrogen) atoms. The molecule has 6 N–H and O–H groups in total. The van der Waals surface area contributed by atoms with Crippen LogP contribution in [0.1, 0.15) is 48.9 Å². The SMILES string of the molecule is Cc1cc(O)c2c(c1)C(C1OC(OC(=O)c3ccccc3)C(O)C(O)C1O)c1cc(O)cc(O)c1C2=O. The predicted molar refractivity (Wildman–Crippen MR) is 126 cm³/mol. The highest BCUT2D eigenvalue weighted by Gasteiger charge is 2.51. The van der Waals surface area contributed by atoms with Gasteiger partial charge in [0.15, 0.2) is 0 Å². The maximum absolute atomic E-state index is 13.3. The molecule has 0 saturated carbocycles. The predicted octanol–water partition coefficient (Wildman–Crippen LogP) is 1.45. The van der Waals surface area contributed by atoms with Gasteiger partial charge in [0.05, 0.1) is 16.7 Å². The number of aliphatic hydroxyl groups excluding tert-OH is 3. The molecule has 0 bridgehead atoms. The average Bonchev–Trinajstić information content (AvgIpc) is 2.84. The smallest absolute Gasteiger partial charge is 0.340 e. The molecule has 192 valence electrons. The highest BCUT2D eigenvalue weighted by Crippen LogP contribution is 2.48. The Morgan fingerprint density at radius 1 is 0.838 bits per heavy atom. The van der Waals surface area contributed by atoms with Crippen molar-refractivity contribution in [3.8, 4) is 17.2 Å². The largest absolute Gasteiger partial charge is 0.508 e. The number of ether oxygens (including phenoxy) is 2. The molecule has 10 nitrogen and oxygen atoms in total. The fourth-order valence-electron chi connectivity index (χ4n) is 5.05. The maximum atomic E-state index is 13.3. The number of esters is 1. The summed E-state index contributed by atoms with van der Waals surface area (Å²) in [5.74, 6) is -4.02. The monoisotopic (exact) mass is 508 g/mol. The maximum Gasteiger partial charge on any atom is 0.340 e. The molecule has 6 atom stereocenters. The van der Waals surface area contributed by atoms with Crippen molar-refractivity contribution in [1.82, 2.24) is 0 Å². The molecule has 1 fully saturated rings. The molecule has 1 saturated heterocycles. The number of aliphatic hydroxyl groups is 3. The van der Waals surface area contributed by atoms with E-state index in [0.717, 1.165) is 6.07 Å². The highest BCUT2D eigenvalue weighted by atomic mass is 16.7. The third kappa shape index (κ3) is 4.09. The molecule has 1 heterocycles. The summed E-state index contributed by atoms with van der Waals surface area (Å²) in [4.78, 5) is 25.9. The molecule has 3 aromatic rings. The van der Waals surface area contributed by atoms with Gasteiger partial charge in [0.1, 0.15) is 41.7 Å². The highest BCUT2D eigenvalue weighted by molar-refractivity contribution is 6.16. The van der Waals surface area contributed by atoms with Crippen molar-refractivity contribution < 1.29 is 49.7 Å². The Bertz CT molecular complexity index is 1320. The summed E-state index contributed by atoms with van der Waals surface area (Å²) in [7, 11) is 0. The molecule has 5 rings (SSSR count). The van der Waals surface area contributed by atoms with Crippen molar-refractivity contribution in [3.05, 3.63) is 88.0 Å². The van der Waals surface area contributed by atoms with Gasteiger partial charge in [-0.2, -0.15) is 0 Å². The number of carbonyl (C=O) groups is 2. The first-order valence-electron chi connectivity index (χ1n) is 11.5. The summed E-state index contributed by atoms with van der Waals surface area (Å²) in [6.45, 7) is 1.66. The van der Waals surface area contributed by atoms with E-state index in [2.05, 4.69) is 0 Å². The van der Waals surface area contributed by atoms with Gasteiger partial charge >= 0.3 is 5.97 Å². The molecule has 6 unspecified atom stereocenters. The van der Waals surface area contributed by atoms with Gasteiger partial charge in [-0.25, -0.2) is 4.79 Å². The van der Waals surface area contributed by atoms with Crippen molar-refractivity contribution in [3.63, 3.8) is 0 Å². The Balaban J connectivity index is 1.62. The van der Waals surface area contributed by atoms with Crippen molar-refractivity contribution in [2.24, 2.45) is 0 Å². The van der Waals surface area contributed by atoms with E-state index in [1.165, 1.54) is 24.3 Å². The molecule has 0 amide bonds. The molecular formula is C27H24O10. The van der Waals surface area contributed by atoms with Gasteiger partial charge in [0.2, 0.25) is 12.1 Å². The number of phenols is 3. The van der Waals surface area contributed by atoms with Crippen LogP contribution in [0.25, 0.3) is 0 Å². The zero-order chi connectivity index (χ0) is 26.6. The fourth-order valence-corrected chi connectivity index (χ4v) is 5.05. The van der Waals surface area contributed by atoms with Gasteiger partial charge in [0, 0.05) is 12.0 Å². The number of aryl methyl sites for hydroxylation is 1. The van der Waals surface area contributed by atoms with Gasteiger partial charge in [-0.15, -0.1) is 0 Å². The molecule has 0 spiro atoms. The number of carbonyl (C=O) groups excluding carboxylic acids is 2. The summed E-state index contributed by atoms with van der Waals surface area (Å²) in [6.07, 6.45) is -8.56. The first kappa shape index (κ1) is 24.7. The van der Waals surface area contributed by atoms with Crippen LogP contribution in [0.4, 0.5) is 0 Å². The van der Waals surface area contributed by atoms with E-state index in [4.69, 9.17) is 9.47 Å². The van der Waals surface area contributed by atoms with E-state index in [1.54, 1.807) is 31.2 Å². The first-order valence-corrected chi connectivity index (χ1v) is 11.5. The Labute approximate surface area is 210 Å². The third-order valence-corrected chi connectivity index (χ3v) is 6.72. The number of benzene rings is 3. The zero-order valence-electron chi connectivity index (χ0n) is 19.5. The molecule has 3 aromatic carbocycles. The van der Waals surface area contributed by atoms with Crippen LogP contribution in [0.2, 0.25) is 0 Å². The fraction of sp³-hybridized carbons (Fsp3) is 0.259. The molecule has 2 aliphatic rings. The Morgan fingerprint density at radius 2 is 1.46 bits per heavy atom. The molecule has 1 aliphatic carbocycles. The quantitative estimate of drug-likeness (QED) is 0.284. The van der Waals surface area contributed by atoms with Crippen molar-refractivity contribution in [2.75, 3.05) is 0 Å². The van der Waals surface area contributed by atoms with E-state index >= 15 is 0 Å². The van der Waals surface area contributed by atoms with Gasteiger partial charge in [-0.05, 0) is 47.9 Å². The minimum absolute atomic E-state index is 0.0563. The number of hydrogen-bond acceptors (Lipinski definition) is 10. The number of fused-ring (bicyclic) bond motifs is 2. The van der Waals surface area contributed by atoms with Gasteiger partial charge in [-0.1, -0.05) is 24.3 Å². The minimum atomic E-state index is -1.83. The summed E-state index contributed by atoms with van der Waals surface area (Å²) in [5.41, 5.74) is 0.577. The van der Waals surface area contributed by atoms with Crippen LogP contribution < -0.4 is 0 Å². The van der Waals surface area contributed by atoms with Gasteiger partial charge in [-0.3, -0.25) is 4.79 Å². The zero-order valence-corrected chi connectivity index (χ0v) is 19.5. The Morgan fingerprint density at radius 3 is 2.14 bits per heavy atom. The average molecular weight is 508 g/mol. The van der Waals surface area contributed by atoms with Crippen LogP contribution in [-0.4, -0.2) is 73.1 Å². The number of rotatable bonds is 3. The minimum Gasteiger partial charge on any atom is -0.508 e. The van der Waals surface area contributed by atoms with E-state index < -0.39 is 54.1 Å². The Kier molecular flexibility index (Phi) is 6.12. The standard InChI is InChI=1S/C27H24O10/c1-11-7-14-18(15-9-13(28)10-17(30)20(15)21(31)19(14)16(29)8-11)25-23(33)22(32)24(34)27(36-25)37-26(35)12-5-3-2-4-6-12/h2-10,18,22-25,27-30,32-34H,1H3. The summed E-state index contributed by atoms with van der Waals surface area (Å²) in [5, 5.41) is 63.6.